The molecule has 5 heteroatoms. The molecular weight excluding hydrogens is 324 g/mol. The van der Waals surface area contributed by atoms with Crippen LogP contribution < -0.4 is 5.32 Å². The van der Waals surface area contributed by atoms with Crippen LogP contribution in [0.1, 0.15) is 48.1 Å². The number of nitrogens with zero attached hydrogens (tertiary/aromatic N) is 3. The lowest BCUT2D eigenvalue weighted by Crippen LogP contribution is -2.32. The smallest absolute Gasteiger partial charge is 0.255 e. The molecule has 1 aromatic heterocycles. The van der Waals surface area contributed by atoms with Crippen LogP contribution >= 0.6 is 0 Å². The van der Waals surface area contributed by atoms with Gasteiger partial charge in [-0.05, 0) is 51.4 Å². The van der Waals surface area contributed by atoms with E-state index in [0.29, 0.717) is 12.5 Å². The first-order valence-corrected chi connectivity index (χ1v) is 9.44. The Balaban J connectivity index is 2.47. The fourth-order valence-electron chi connectivity index (χ4n) is 3.10. The van der Waals surface area contributed by atoms with Crippen molar-refractivity contribution in [2.75, 3.05) is 27.2 Å². The fraction of sp³-hybridized carbons (Fsp3) is 0.524. The fourth-order valence-corrected chi connectivity index (χ4v) is 3.10. The zero-order valence-corrected chi connectivity index (χ0v) is 17.0. The Labute approximate surface area is 157 Å². The quantitative estimate of drug-likeness (QED) is 0.790. The number of carbonyl (C=O) groups excluding carboxylic acids is 1. The molecule has 26 heavy (non-hydrogen) atoms. The summed E-state index contributed by atoms with van der Waals surface area (Å²) < 4.78 is 1.97. The first-order chi connectivity index (χ1) is 12.3. The van der Waals surface area contributed by atoms with Crippen LogP contribution in [0.2, 0.25) is 0 Å². The van der Waals surface area contributed by atoms with E-state index in [-0.39, 0.29) is 5.91 Å². The van der Waals surface area contributed by atoms with Gasteiger partial charge in [-0.3, -0.25) is 4.79 Å². The molecule has 142 valence electrons. The highest BCUT2D eigenvalue weighted by Gasteiger charge is 2.24. The minimum absolute atomic E-state index is 0.0146. The van der Waals surface area contributed by atoms with E-state index in [1.165, 1.54) is 0 Å². The van der Waals surface area contributed by atoms with Crippen molar-refractivity contribution in [3.05, 3.63) is 46.8 Å². The Hall–Kier alpha value is -2.14. The molecule has 1 aromatic carbocycles. The van der Waals surface area contributed by atoms with Crippen molar-refractivity contribution in [1.82, 2.24) is 20.0 Å². The van der Waals surface area contributed by atoms with Crippen LogP contribution in [0.4, 0.5) is 0 Å². The van der Waals surface area contributed by atoms with Crippen molar-refractivity contribution >= 4 is 5.91 Å². The van der Waals surface area contributed by atoms with Gasteiger partial charge in [0, 0.05) is 13.1 Å². The predicted octanol–water partition coefficient (Wildman–Crippen LogP) is 3.23. The molecule has 0 unspecified atom stereocenters. The Morgan fingerprint density at radius 3 is 2.54 bits per heavy atom. The van der Waals surface area contributed by atoms with E-state index < -0.39 is 0 Å². The van der Waals surface area contributed by atoms with Crippen LogP contribution in [0, 0.1) is 12.8 Å². The summed E-state index contributed by atoms with van der Waals surface area (Å²) in [6, 6.07) is 8.18. The second-order valence-corrected chi connectivity index (χ2v) is 7.48. The molecule has 0 aliphatic carbocycles. The van der Waals surface area contributed by atoms with Gasteiger partial charge in [-0.25, -0.2) is 4.68 Å². The summed E-state index contributed by atoms with van der Waals surface area (Å²) in [5.41, 5.74) is 4.82. The van der Waals surface area contributed by atoms with E-state index in [4.69, 9.17) is 5.10 Å². The molecule has 1 N–H and O–H groups in total. The third-order valence-electron chi connectivity index (χ3n) is 4.41. The molecule has 0 bridgehead atoms. The SMILES string of the molecule is CCc1c(C(=O)NCCN(C)C)c(CC(C)C)nn1-c1ccccc1C. The van der Waals surface area contributed by atoms with Crippen LogP contribution in [-0.4, -0.2) is 47.8 Å². The molecule has 2 aromatic rings. The number of nitrogens with one attached hydrogen (secondary N) is 1. The number of likely N-dealkylation sites (N-methyl/N-ethyl adjacent to an activating group) is 1. The lowest BCUT2D eigenvalue weighted by molar-refractivity contribution is 0.0949. The van der Waals surface area contributed by atoms with E-state index in [1.807, 2.05) is 30.9 Å². The van der Waals surface area contributed by atoms with Gasteiger partial charge in [-0.1, -0.05) is 39.0 Å². The van der Waals surface area contributed by atoms with Gasteiger partial charge in [-0.2, -0.15) is 5.10 Å². The summed E-state index contributed by atoms with van der Waals surface area (Å²) in [4.78, 5) is 15.0. The molecule has 1 amide bonds. The maximum absolute atomic E-state index is 13.0. The van der Waals surface area contributed by atoms with Crippen molar-refractivity contribution in [2.24, 2.45) is 5.92 Å². The Kier molecular flexibility index (Phi) is 6.98. The minimum Gasteiger partial charge on any atom is -0.351 e. The maximum atomic E-state index is 13.0. The van der Waals surface area contributed by atoms with Crippen LogP contribution in [-0.2, 0) is 12.8 Å². The molecule has 0 aliphatic rings. The van der Waals surface area contributed by atoms with Gasteiger partial charge in [0.25, 0.3) is 5.91 Å². The van der Waals surface area contributed by atoms with Gasteiger partial charge in [0.1, 0.15) is 0 Å². The van der Waals surface area contributed by atoms with Crippen molar-refractivity contribution in [1.29, 1.82) is 0 Å². The molecule has 5 nitrogen and oxygen atoms in total. The number of benzene rings is 1. The number of para-hydroxylation sites is 1. The monoisotopic (exact) mass is 356 g/mol. The van der Waals surface area contributed by atoms with Crippen LogP contribution in [0.5, 0.6) is 0 Å². The first-order valence-electron chi connectivity index (χ1n) is 9.44. The van der Waals surface area contributed by atoms with Crippen molar-refractivity contribution in [2.45, 2.75) is 40.5 Å². The van der Waals surface area contributed by atoms with E-state index in [9.17, 15) is 4.79 Å². The second kappa shape index (κ2) is 8.99. The predicted molar refractivity (Wildman–Crippen MR) is 107 cm³/mol. The zero-order valence-electron chi connectivity index (χ0n) is 17.0. The molecule has 0 aliphatic heterocycles. The number of aryl methyl sites for hydroxylation is 1. The molecule has 0 fully saturated rings. The number of hydrogen-bond acceptors (Lipinski definition) is 3. The zero-order chi connectivity index (χ0) is 19.3. The van der Waals surface area contributed by atoms with E-state index >= 15 is 0 Å². The van der Waals surface area contributed by atoms with Crippen molar-refractivity contribution in [3.8, 4) is 5.69 Å². The topological polar surface area (TPSA) is 50.2 Å². The molecule has 0 saturated heterocycles. The van der Waals surface area contributed by atoms with Gasteiger partial charge < -0.3 is 10.2 Å². The van der Waals surface area contributed by atoms with Crippen molar-refractivity contribution in [3.63, 3.8) is 0 Å². The van der Waals surface area contributed by atoms with Gasteiger partial charge in [0.15, 0.2) is 0 Å². The summed E-state index contributed by atoms with van der Waals surface area (Å²) in [5, 5.41) is 7.93. The number of aromatic nitrogens is 2. The molecule has 0 saturated carbocycles. The molecular formula is C21H32N4O. The van der Waals surface area contributed by atoms with E-state index in [2.05, 4.69) is 50.0 Å². The summed E-state index contributed by atoms with van der Waals surface area (Å²) in [6.07, 6.45) is 1.55. The third kappa shape index (κ3) is 4.73. The number of carbonyl (C=O) groups is 1. The first kappa shape index (κ1) is 20.2. The minimum atomic E-state index is -0.0146. The van der Waals surface area contributed by atoms with E-state index in [0.717, 1.165) is 47.6 Å². The highest BCUT2D eigenvalue weighted by atomic mass is 16.1. The highest BCUT2D eigenvalue weighted by molar-refractivity contribution is 5.96. The van der Waals surface area contributed by atoms with Crippen molar-refractivity contribution < 1.29 is 4.79 Å². The third-order valence-corrected chi connectivity index (χ3v) is 4.41. The van der Waals surface area contributed by atoms with Crippen LogP contribution in [0.25, 0.3) is 5.69 Å². The molecule has 0 radical (unpaired) electrons. The molecule has 0 atom stereocenters. The summed E-state index contributed by atoms with van der Waals surface area (Å²) in [6.45, 7) is 9.93. The van der Waals surface area contributed by atoms with Gasteiger partial charge >= 0.3 is 0 Å². The van der Waals surface area contributed by atoms with Gasteiger partial charge in [-0.15, -0.1) is 0 Å². The number of hydrogen-bond donors (Lipinski definition) is 1. The number of amides is 1. The van der Waals surface area contributed by atoms with Crippen LogP contribution in [0.3, 0.4) is 0 Å². The highest BCUT2D eigenvalue weighted by Crippen LogP contribution is 2.24. The molecule has 1 heterocycles. The summed E-state index contributed by atoms with van der Waals surface area (Å²) in [5.74, 6) is 0.424. The van der Waals surface area contributed by atoms with Crippen LogP contribution in [0.15, 0.2) is 24.3 Å². The molecule has 0 spiro atoms. The largest absolute Gasteiger partial charge is 0.351 e. The normalized spacial score (nSPS) is 11.4. The van der Waals surface area contributed by atoms with Gasteiger partial charge in [0.2, 0.25) is 0 Å². The lowest BCUT2D eigenvalue weighted by Gasteiger charge is -2.12. The molecule has 2 rings (SSSR count). The maximum Gasteiger partial charge on any atom is 0.255 e. The van der Waals surface area contributed by atoms with Gasteiger partial charge in [0.05, 0.1) is 22.6 Å². The second-order valence-electron chi connectivity index (χ2n) is 7.48. The number of rotatable bonds is 8. The van der Waals surface area contributed by atoms with E-state index in [1.54, 1.807) is 0 Å². The Morgan fingerprint density at radius 2 is 1.96 bits per heavy atom. The lowest BCUT2D eigenvalue weighted by atomic mass is 10.0. The summed E-state index contributed by atoms with van der Waals surface area (Å²) >= 11 is 0. The average Bonchev–Trinajstić information content (AvgIpc) is 2.92. The standard InChI is InChI=1S/C21H32N4O/c1-7-18-20(21(26)22-12-13-24(5)6)17(14-15(2)3)23-25(18)19-11-9-8-10-16(19)4/h8-11,15H,7,12-14H2,1-6H3,(H,22,26). The Morgan fingerprint density at radius 1 is 1.27 bits per heavy atom. The summed E-state index contributed by atoms with van der Waals surface area (Å²) in [7, 11) is 4.01. The Bertz CT molecular complexity index is 746. The average molecular weight is 357 g/mol.